The number of hydrogen-bond acceptors (Lipinski definition) is 4. The first-order chi connectivity index (χ1) is 14.9. The minimum Gasteiger partial charge on any atom is -0.423 e. The minimum atomic E-state index is -3.75. The lowest BCUT2D eigenvalue weighted by Crippen LogP contribution is -2.26. The maximum Gasteiger partial charge on any atom is 0.344 e. The Labute approximate surface area is 185 Å². The molecule has 5 nitrogen and oxygen atoms in total. The lowest BCUT2D eigenvalue weighted by atomic mass is 10.0. The van der Waals surface area contributed by atoms with Crippen molar-refractivity contribution < 1.29 is 17.9 Å². The maximum absolute atomic E-state index is 12.8. The predicted molar refractivity (Wildman–Crippen MR) is 122 cm³/mol. The van der Waals surface area contributed by atoms with E-state index in [1.807, 2.05) is 30.3 Å². The van der Waals surface area contributed by atoms with E-state index in [1.54, 1.807) is 36.4 Å². The molecule has 7 heteroatoms. The summed E-state index contributed by atoms with van der Waals surface area (Å²) in [5, 5.41) is 2.21. The van der Waals surface area contributed by atoms with Crippen LogP contribution in [-0.4, -0.2) is 21.4 Å². The third kappa shape index (κ3) is 4.26. The predicted octanol–water partition coefficient (Wildman–Crippen LogP) is 5.54. The van der Waals surface area contributed by atoms with Crippen LogP contribution in [0.25, 0.3) is 10.8 Å². The third-order valence-corrected chi connectivity index (χ3v) is 6.94. The molecule has 0 fully saturated rings. The fourth-order valence-electron chi connectivity index (χ4n) is 3.19. The van der Waals surface area contributed by atoms with Gasteiger partial charge in [0.1, 0.15) is 5.75 Å². The number of halogens is 1. The fraction of sp³-hybridized carbons (Fsp3) is 0.0417. The summed E-state index contributed by atoms with van der Waals surface area (Å²) in [4.78, 5) is 12.8. The molecule has 0 saturated carbocycles. The molecular formula is C24H18ClNO4S. The Morgan fingerprint density at radius 1 is 0.839 bits per heavy atom. The first-order valence-electron chi connectivity index (χ1n) is 9.41. The molecule has 0 heterocycles. The molecular weight excluding hydrogens is 434 g/mol. The number of benzene rings is 4. The van der Waals surface area contributed by atoms with Gasteiger partial charge in [0.2, 0.25) is 0 Å². The Balaban J connectivity index is 1.54. The van der Waals surface area contributed by atoms with Gasteiger partial charge in [-0.05, 0) is 65.4 Å². The zero-order valence-electron chi connectivity index (χ0n) is 16.5. The highest BCUT2D eigenvalue weighted by Crippen LogP contribution is 2.26. The number of anilines is 1. The Bertz CT molecular complexity index is 1350. The van der Waals surface area contributed by atoms with Crippen molar-refractivity contribution in [1.29, 1.82) is 0 Å². The van der Waals surface area contributed by atoms with E-state index in [0.717, 1.165) is 15.1 Å². The Hall–Kier alpha value is -3.35. The minimum absolute atomic E-state index is 0.130. The van der Waals surface area contributed by atoms with Crippen molar-refractivity contribution in [2.24, 2.45) is 0 Å². The van der Waals surface area contributed by atoms with E-state index in [1.165, 1.54) is 31.3 Å². The summed E-state index contributed by atoms with van der Waals surface area (Å²) in [6.07, 6.45) is 0. The highest BCUT2D eigenvalue weighted by atomic mass is 35.5. The van der Waals surface area contributed by atoms with E-state index in [4.69, 9.17) is 16.3 Å². The van der Waals surface area contributed by atoms with E-state index in [0.29, 0.717) is 22.0 Å². The molecule has 0 bridgehead atoms. The Kier molecular flexibility index (Phi) is 5.67. The van der Waals surface area contributed by atoms with Crippen molar-refractivity contribution in [3.8, 4) is 5.75 Å². The number of sulfonamides is 1. The molecule has 0 saturated heterocycles. The van der Waals surface area contributed by atoms with Crippen molar-refractivity contribution in [3.63, 3.8) is 0 Å². The molecule has 0 atom stereocenters. The normalized spacial score (nSPS) is 11.3. The van der Waals surface area contributed by atoms with Crippen LogP contribution >= 0.6 is 11.6 Å². The second kappa shape index (κ2) is 8.41. The highest BCUT2D eigenvalue weighted by molar-refractivity contribution is 7.92. The molecule has 0 unspecified atom stereocenters. The number of esters is 1. The first kappa shape index (κ1) is 20.9. The van der Waals surface area contributed by atoms with Crippen molar-refractivity contribution in [1.82, 2.24) is 0 Å². The van der Waals surface area contributed by atoms with E-state index in [2.05, 4.69) is 0 Å². The van der Waals surface area contributed by atoms with Gasteiger partial charge in [0, 0.05) is 12.1 Å². The SMILES string of the molecule is CN(c1ccc(OC(=O)c2cccc3ccccc23)cc1)S(=O)(=O)c1ccc(Cl)cc1. The van der Waals surface area contributed by atoms with Gasteiger partial charge in [-0.1, -0.05) is 48.0 Å². The third-order valence-electron chi connectivity index (χ3n) is 4.89. The van der Waals surface area contributed by atoms with Crippen molar-refractivity contribution in [2.45, 2.75) is 4.90 Å². The van der Waals surface area contributed by atoms with Crippen LogP contribution in [0.1, 0.15) is 10.4 Å². The number of hydrogen-bond donors (Lipinski definition) is 0. The van der Waals surface area contributed by atoms with Crippen molar-refractivity contribution in [2.75, 3.05) is 11.4 Å². The zero-order chi connectivity index (χ0) is 22.0. The van der Waals surface area contributed by atoms with Gasteiger partial charge in [-0.15, -0.1) is 0 Å². The Morgan fingerprint density at radius 2 is 1.48 bits per heavy atom. The molecule has 4 aromatic carbocycles. The quantitative estimate of drug-likeness (QED) is 0.295. The van der Waals surface area contributed by atoms with Gasteiger partial charge in [-0.2, -0.15) is 0 Å². The second-order valence-electron chi connectivity index (χ2n) is 6.84. The molecule has 0 N–H and O–H groups in total. The molecule has 0 radical (unpaired) electrons. The lowest BCUT2D eigenvalue weighted by Gasteiger charge is -2.19. The molecule has 156 valence electrons. The van der Waals surface area contributed by atoms with Gasteiger partial charge in [0.05, 0.1) is 16.1 Å². The topological polar surface area (TPSA) is 63.7 Å². The maximum atomic E-state index is 12.8. The summed E-state index contributed by atoms with van der Waals surface area (Å²) in [5.41, 5.74) is 0.893. The van der Waals surface area contributed by atoms with Gasteiger partial charge in [0.25, 0.3) is 10.0 Å². The van der Waals surface area contributed by atoms with E-state index in [9.17, 15) is 13.2 Å². The standard InChI is InChI=1S/C24H18ClNO4S/c1-26(31(28,29)21-15-9-18(25)10-16-21)19-11-13-20(14-12-19)30-24(27)23-8-4-6-17-5-2-3-7-22(17)23/h2-16H,1H3. The number of fused-ring (bicyclic) bond motifs is 1. The van der Waals surface area contributed by atoms with Crippen LogP contribution in [0, 0.1) is 0 Å². The van der Waals surface area contributed by atoms with Gasteiger partial charge in [-0.25, -0.2) is 13.2 Å². The highest BCUT2D eigenvalue weighted by Gasteiger charge is 2.21. The molecule has 0 amide bonds. The van der Waals surface area contributed by atoms with Crippen molar-refractivity contribution in [3.05, 3.63) is 102 Å². The van der Waals surface area contributed by atoms with Crippen LogP contribution < -0.4 is 9.04 Å². The van der Waals surface area contributed by atoms with Crippen LogP contribution in [-0.2, 0) is 10.0 Å². The number of carbonyl (C=O) groups excluding carboxylic acids is 1. The largest absolute Gasteiger partial charge is 0.423 e. The Morgan fingerprint density at radius 3 is 2.19 bits per heavy atom. The molecule has 4 aromatic rings. The molecule has 0 aliphatic rings. The van der Waals surface area contributed by atoms with Crippen molar-refractivity contribution >= 4 is 44.1 Å². The van der Waals surface area contributed by atoms with E-state index >= 15 is 0 Å². The first-order valence-corrected chi connectivity index (χ1v) is 11.2. The summed E-state index contributed by atoms with van der Waals surface area (Å²) in [5.74, 6) is -0.161. The van der Waals surface area contributed by atoms with Crippen LogP contribution in [0.5, 0.6) is 5.75 Å². The van der Waals surface area contributed by atoms with Crippen LogP contribution in [0.4, 0.5) is 5.69 Å². The molecule has 0 spiro atoms. The van der Waals surface area contributed by atoms with Gasteiger partial charge < -0.3 is 4.74 Å². The van der Waals surface area contributed by atoms with Gasteiger partial charge >= 0.3 is 5.97 Å². The molecule has 31 heavy (non-hydrogen) atoms. The number of ether oxygens (including phenoxy) is 1. The average Bonchev–Trinajstić information content (AvgIpc) is 2.79. The fourth-order valence-corrected chi connectivity index (χ4v) is 4.51. The number of rotatable bonds is 5. The molecule has 0 aromatic heterocycles. The smallest absolute Gasteiger partial charge is 0.344 e. The van der Waals surface area contributed by atoms with Crippen LogP contribution in [0.15, 0.2) is 95.9 Å². The molecule has 4 rings (SSSR count). The summed E-state index contributed by atoms with van der Waals surface area (Å²) in [6.45, 7) is 0. The van der Waals surface area contributed by atoms with Crippen LogP contribution in [0.3, 0.4) is 0 Å². The summed E-state index contributed by atoms with van der Waals surface area (Å²) in [7, 11) is -2.29. The van der Waals surface area contributed by atoms with E-state index < -0.39 is 16.0 Å². The van der Waals surface area contributed by atoms with Crippen LogP contribution in [0.2, 0.25) is 5.02 Å². The zero-order valence-corrected chi connectivity index (χ0v) is 18.1. The van der Waals surface area contributed by atoms with Gasteiger partial charge in [-0.3, -0.25) is 4.31 Å². The van der Waals surface area contributed by atoms with Gasteiger partial charge in [0.15, 0.2) is 0 Å². The second-order valence-corrected chi connectivity index (χ2v) is 9.24. The summed E-state index contributed by atoms with van der Waals surface area (Å²) < 4.78 is 32.3. The van der Waals surface area contributed by atoms with E-state index in [-0.39, 0.29) is 4.90 Å². The monoisotopic (exact) mass is 451 g/mol. The number of nitrogens with zero attached hydrogens (tertiary/aromatic N) is 1. The molecule has 0 aliphatic heterocycles. The lowest BCUT2D eigenvalue weighted by molar-refractivity contribution is 0.0737. The number of carbonyl (C=O) groups is 1. The molecule has 0 aliphatic carbocycles. The average molecular weight is 452 g/mol. The summed E-state index contributed by atoms with van der Waals surface area (Å²) >= 11 is 5.84. The summed E-state index contributed by atoms with van der Waals surface area (Å²) in [6, 6.07) is 25.3.